The largest absolute Gasteiger partial charge is 0.393 e. The number of aliphatic hydroxyl groups is 1. The van der Waals surface area contributed by atoms with Gasteiger partial charge < -0.3 is 15.3 Å². The molecule has 0 saturated carbocycles. The van der Waals surface area contributed by atoms with E-state index in [1.165, 1.54) is 6.20 Å². The van der Waals surface area contributed by atoms with Crippen molar-refractivity contribution in [3.05, 3.63) is 53.3 Å². The number of aromatic nitrogens is 1. The van der Waals surface area contributed by atoms with E-state index in [0.717, 1.165) is 31.6 Å². The van der Waals surface area contributed by atoms with Gasteiger partial charge in [0.05, 0.1) is 18.0 Å². The van der Waals surface area contributed by atoms with Crippen LogP contribution in [0.3, 0.4) is 0 Å². The summed E-state index contributed by atoms with van der Waals surface area (Å²) in [5, 5.41) is 12.7. The van der Waals surface area contributed by atoms with Crippen LogP contribution in [0.25, 0.3) is 0 Å². The molecular formula is C17H18ClN3O2. The van der Waals surface area contributed by atoms with Crippen LogP contribution in [-0.4, -0.2) is 35.2 Å². The van der Waals surface area contributed by atoms with Crippen LogP contribution in [0.15, 0.2) is 42.6 Å². The van der Waals surface area contributed by atoms with Crippen LogP contribution >= 0.6 is 11.6 Å². The summed E-state index contributed by atoms with van der Waals surface area (Å²) < 4.78 is 0. The van der Waals surface area contributed by atoms with Crippen LogP contribution < -0.4 is 10.2 Å². The molecule has 0 spiro atoms. The molecule has 3 rings (SSSR count). The number of hydrogen-bond donors (Lipinski definition) is 2. The molecule has 1 aromatic carbocycles. The number of amides is 1. The minimum absolute atomic E-state index is 0.185. The van der Waals surface area contributed by atoms with Gasteiger partial charge in [-0.1, -0.05) is 11.6 Å². The fourth-order valence-corrected chi connectivity index (χ4v) is 2.71. The highest BCUT2D eigenvalue weighted by molar-refractivity contribution is 6.29. The van der Waals surface area contributed by atoms with Crippen LogP contribution in [0.5, 0.6) is 0 Å². The first-order chi connectivity index (χ1) is 11.1. The first-order valence-corrected chi connectivity index (χ1v) is 7.95. The normalized spacial score (nSPS) is 15.5. The van der Waals surface area contributed by atoms with Crippen molar-refractivity contribution in [3.8, 4) is 0 Å². The maximum Gasteiger partial charge on any atom is 0.255 e. The molecule has 6 heteroatoms. The van der Waals surface area contributed by atoms with E-state index in [2.05, 4.69) is 15.2 Å². The molecule has 1 aliphatic rings. The standard InChI is InChI=1S/C17H18ClN3O2/c18-16-6-3-13(11-19-16)20-17(23)12-1-4-14(5-2-12)21-9-7-15(22)8-10-21/h1-6,11,15,22H,7-10H2,(H,20,23). The van der Waals surface area contributed by atoms with Crippen LogP contribution in [0.1, 0.15) is 23.2 Å². The van der Waals surface area contributed by atoms with E-state index >= 15 is 0 Å². The SMILES string of the molecule is O=C(Nc1ccc(Cl)nc1)c1ccc(N2CCC(O)CC2)cc1. The van der Waals surface area contributed by atoms with Gasteiger partial charge in [-0.3, -0.25) is 4.79 Å². The molecular weight excluding hydrogens is 314 g/mol. The number of hydrogen-bond acceptors (Lipinski definition) is 4. The lowest BCUT2D eigenvalue weighted by atomic mass is 10.1. The second-order valence-electron chi connectivity index (χ2n) is 5.59. The lowest BCUT2D eigenvalue weighted by Crippen LogP contribution is -2.35. The first-order valence-electron chi connectivity index (χ1n) is 7.58. The Balaban J connectivity index is 1.64. The Bertz CT molecular complexity index is 665. The van der Waals surface area contributed by atoms with Crippen molar-refractivity contribution in [2.45, 2.75) is 18.9 Å². The molecule has 2 aromatic rings. The van der Waals surface area contributed by atoms with E-state index in [1.807, 2.05) is 12.1 Å². The molecule has 0 bridgehead atoms. The summed E-state index contributed by atoms with van der Waals surface area (Å²) >= 11 is 5.72. The maximum absolute atomic E-state index is 12.2. The minimum Gasteiger partial charge on any atom is -0.393 e. The predicted octanol–water partition coefficient (Wildman–Crippen LogP) is 2.95. The molecule has 2 heterocycles. The average molecular weight is 332 g/mol. The summed E-state index contributed by atoms with van der Waals surface area (Å²) in [4.78, 5) is 18.4. The molecule has 2 N–H and O–H groups in total. The number of piperidine rings is 1. The highest BCUT2D eigenvalue weighted by Crippen LogP contribution is 2.21. The van der Waals surface area contributed by atoms with Gasteiger partial charge in [0.2, 0.25) is 0 Å². The summed E-state index contributed by atoms with van der Waals surface area (Å²) in [6.45, 7) is 1.67. The van der Waals surface area contributed by atoms with Crippen molar-refractivity contribution in [1.29, 1.82) is 0 Å². The molecule has 120 valence electrons. The van der Waals surface area contributed by atoms with E-state index in [-0.39, 0.29) is 12.0 Å². The van der Waals surface area contributed by atoms with Crippen LogP contribution in [-0.2, 0) is 0 Å². The topological polar surface area (TPSA) is 65.5 Å². The Hall–Kier alpha value is -2.11. The van der Waals surface area contributed by atoms with Gasteiger partial charge >= 0.3 is 0 Å². The number of carbonyl (C=O) groups is 1. The fraction of sp³-hybridized carbons (Fsp3) is 0.294. The third-order valence-corrected chi connectivity index (χ3v) is 4.17. The van der Waals surface area contributed by atoms with Gasteiger partial charge in [0.15, 0.2) is 0 Å². The zero-order valence-corrected chi connectivity index (χ0v) is 13.3. The average Bonchev–Trinajstić information content (AvgIpc) is 2.58. The third kappa shape index (κ3) is 4.00. The number of aliphatic hydroxyl groups excluding tert-OH is 1. The Morgan fingerprint density at radius 2 is 1.87 bits per heavy atom. The highest BCUT2D eigenvalue weighted by Gasteiger charge is 2.17. The molecule has 1 aromatic heterocycles. The molecule has 1 saturated heterocycles. The Kier molecular flexibility index (Phi) is 4.79. The molecule has 1 amide bonds. The van der Waals surface area contributed by atoms with E-state index in [4.69, 9.17) is 11.6 Å². The number of halogens is 1. The highest BCUT2D eigenvalue weighted by atomic mass is 35.5. The van der Waals surface area contributed by atoms with Gasteiger partial charge in [0.25, 0.3) is 5.91 Å². The van der Waals surface area contributed by atoms with Gasteiger partial charge in [0.1, 0.15) is 5.15 Å². The second-order valence-corrected chi connectivity index (χ2v) is 5.98. The summed E-state index contributed by atoms with van der Waals surface area (Å²) in [5.74, 6) is -0.185. The van der Waals surface area contributed by atoms with Crippen molar-refractivity contribution in [2.24, 2.45) is 0 Å². The maximum atomic E-state index is 12.2. The monoisotopic (exact) mass is 331 g/mol. The first kappa shape index (κ1) is 15.8. The molecule has 5 nitrogen and oxygen atoms in total. The lowest BCUT2D eigenvalue weighted by Gasteiger charge is -2.31. The van der Waals surface area contributed by atoms with Gasteiger partial charge in [-0.25, -0.2) is 4.98 Å². The molecule has 0 unspecified atom stereocenters. The number of nitrogens with one attached hydrogen (secondary N) is 1. The summed E-state index contributed by atoms with van der Waals surface area (Å²) in [7, 11) is 0. The zero-order valence-electron chi connectivity index (χ0n) is 12.6. The molecule has 1 aliphatic heterocycles. The quantitative estimate of drug-likeness (QED) is 0.849. The van der Waals surface area contributed by atoms with E-state index in [0.29, 0.717) is 16.4 Å². The van der Waals surface area contributed by atoms with Gasteiger partial charge in [-0.2, -0.15) is 0 Å². The fourth-order valence-electron chi connectivity index (χ4n) is 2.60. The summed E-state index contributed by atoms with van der Waals surface area (Å²) in [6, 6.07) is 10.8. The number of pyridine rings is 1. The third-order valence-electron chi connectivity index (χ3n) is 3.94. The zero-order chi connectivity index (χ0) is 16.2. The Morgan fingerprint density at radius 3 is 2.48 bits per heavy atom. The number of nitrogens with zero attached hydrogens (tertiary/aromatic N) is 2. The van der Waals surface area contributed by atoms with Crippen molar-refractivity contribution >= 4 is 28.9 Å². The molecule has 0 atom stereocenters. The van der Waals surface area contributed by atoms with Crippen molar-refractivity contribution in [2.75, 3.05) is 23.3 Å². The number of benzene rings is 1. The van der Waals surface area contributed by atoms with E-state index in [9.17, 15) is 9.90 Å². The van der Waals surface area contributed by atoms with Crippen LogP contribution in [0, 0.1) is 0 Å². The molecule has 1 fully saturated rings. The van der Waals surface area contributed by atoms with Crippen molar-refractivity contribution in [1.82, 2.24) is 4.98 Å². The Labute approximate surface area is 139 Å². The van der Waals surface area contributed by atoms with Crippen molar-refractivity contribution < 1.29 is 9.90 Å². The van der Waals surface area contributed by atoms with Gasteiger partial charge in [0, 0.05) is 24.3 Å². The smallest absolute Gasteiger partial charge is 0.255 e. The van der Waals surface area contributed by atoms with Crippen molar-refractivity contribution in [3.63, 3.8) is 0 Å². The lowest BCUT2D eigenvalue weighted by molar-refractivity contribution is 0.102. The van der Waals surface area contributed by atoms with Gasteiger partial charge in [-0.15, -0.1) is 0 Å². The van der Waals surface area contributed by atoms with E-state index < -0.39 is 0 Å². The molecule has 23 heavy (non-hydrogen) atoms. The van der Waals surface area contributed by atoms with E-state index in [1.54, 1.807) is 24.3 Å². The Morgan fingerprint density at radius 1 is 1.17 bits per heavy atom. The summed E-state index contributed by atoms with van der Waals surface area (Å²) in [5.41, 5.74) is 2.26. The number of rotatable bonds is 3. The van der Waals surface area contributed by atoms with Gasteiger partial charge in [-0.05, 0) is 49.2 Å². The summed E-state index contributed by atoms with van der Waals surface area (Å²) in [6.07, 6.45) is 2.90. The number of anilines is 2. The second kappa shape index (κ2) is 6.98. The van der Waals surface area contributed by atoms with Crippen LogP contribution in [0.4, 0.5) is 11.4 Å². The predicted molar refractivity (Wildman–Crippen MR) is 91.1 cm³/mol. The minimum atomic E-state index is -0.190. The molecule has 0 aliphatic carbocycles. The number of carbonyl (C=O) groups excluding carboxylic acids is 1. The van der Waals surface area contributed by atoms with Crippen LogP contribution in [0.2, 0.25) is 5.15 Å². The molecule has 0 radical (unpaired) electrons.